The average Bonchev–Trinajstić information content (AvgIpc) is 3.09. The Bertz CT molecular complexity index is 1170. The van der Waals surface area contributed by atoms with Gasteiger partial charge in [-0.25, -0.2) is 4.79 Å². The number of fused-ring (bicyclic) bond motifs is 1. The maximum absolute atomic E-state index is 12.9. The van der Waals surface area contributed by atoms with Crippen molar-refractivity contribution in [3.63, 3.8) is 0 Å². The number of carbonyl (C=O) groups excluding carboxylic acids is 3. The summed E-state index contributed by atoms with van der Waals surface area (Å²) in [6.45, 7) is 5.75. The first kappa shape index (κ1) is 20.5. The summed E-state index contributed by atoms with van der Waals surface area (Å²) in [5.74, 6) is -1.02. The molecular weight excluding hydrogens is 390 g/mol. The molecule has 0 aromatic heterocycles. The van der Waals surface area contributed by atoms with Crippen LogP contribution in [0.3, 0.4) is 0 Å². The van der Waals surface area contributed by atoms with Crippen LogP contribution in [0.1, 0.15) is 57.4 Å². The van der Waals surface area contributed by atoms with Gasteiger partial charge in [-0.05, 0) is 61.7 Å². The lowest BCUT2D eigenvalue weighted by Gasteiger charge is -2.20. The third-order valence-electron chi connectivity index (χ3n) is 5.06. The van der Waals surface area contributed by atoms with Crippen LogP contribution in [0.15, 0.2) is 72.8 Å². The zero-order chi connectivity index (χ0) is 22.2. The van der Waals surface area contributed by atoms with Gasteiger partial charge < -0.3 is 4.74 Å². The Kier molecular flexibility index (Phi) is 5.19. The van der Waals surface area contributed by atoms with Crippen LogP contribution < -0.4 is 0 Å². The maximum Gasteiger partial charge on any atom is 0.339 e. The Labute approximate surface area is 181 Å². The van der Waals surface area contributed by atoms with E-state index in [0.29, 0.717) is 16.7 Å². The predicted molar refractivity (Wildman–Crippen MR) is 118 cm³/mol. The fraction of sp³-hybridized carbons (Fsp3) is 0.192. The molecule has 4 rings (SSSR count). The quantitative estimate of drug-likeness (QED) is 0.442. The van der Waals surface area contributed by atoms with Crippen molar-refractivity contribution in [2.24, 2.45) is 0 Å². The minimum Gasteiger partial charge on any atom is -0.456 e. The van der Waals surface area contributed by atoms with Crippen LogP contribution in [0, 0.1) is 0 Å². The molecule has 5 nitrogen and oxygen atoms in total. The molecule has 0 atom stereocenters. The van der Waals surface area contributed by atoms with Gasteiger partial charge in [-0.2, -0.15) is 0 Å². The summed E-state index contributed by atoms with van der Waals surface area (Å²) in [4.78, 5) is 39.4. The first-order valence-electron chi connectivity index (χ1n) is 10.1. The summed E-state index contributed by atoms with van der Waals surface area (Å²) >= 11 is 0. The highest BCUT2D eigenvalue weighted by Gasteiger charge is 2.32. The molecular formula is C26H23NO4. The highest BCUT2D eigenvalue weighted by atomic mass is 16.6. The van der Waals surface area contributed by atoms with Crippen molar-refractivity contribution in [2.45, 2.75) is 32.9 Å². The number of benzene rings is 3. The molecule has 0 saturated heterocycles. The lowest BCUT2D eigenvalue weighted by Crippen LogP contribution is -2.31. The second-order valence-electron chi connectivity index (χ2n) is 8.48. The van der Waals surface area contributed by atoms with Gasteiger partial charge in [-0.1, -0.05) is 48.5 Å². The van der Waals surface area contributed by atoms with Gasteiger partial charge in [0.25, 0.3) is 11.8 Å². The number of imide groups is 1. The molecule has 3 aromatic carbocycles. The van der Waals surface area contributed by atoms with Crippen LogP contribution in [-0.2, 0) is 11.3 Å². The number of carbonyl (C=O) groups is 3. The molecule has 0 aliphatic carbocycles. The molecule has 1 heterocycles. The van der Waals surface area contributed by atoms with E-state index < -0.39 is 11.6 Å². The summed E-state index contributed by atoms with van der Waals surface area (Å²) in [7, 11) is 0. The predicted octanol–water partition coefficient (Wildman–Crippen LogP) is 5.11. The van der Waals surface area contributed by atoms with E-state index in [1.165, 1.54) is 4.90 Å². The van der Waals surface area contributed by atoms with E-state index >= 15 is 0 Å². The number of amides is 2. The van der Waals surface area contributed by atoms with E-state index in [1.54, 1.807) is 48.5 Å². The molecule has 5 heteroatoms. The number of hydrogen-bond acceptors (Lipinski definition) is 4. The van der Waals surface area contributed by atoms with Crippen molar-refractivity contribution < 1.29 is 19.1 Å². The molecule has 31 heavy (non-hydrogen) atoms. The maximum atomic E-state index is 12.9. The van der Waals surface area contributed by atoms with Crippen LogP contribution in [0.25, 0.3) is 11.1 Å². The Morgan fingerprint density at radius 1 is 0.839 bits per heavy atom. The van der Waals surface area contributed by atoms with Crippen LogP contribution >= 0.6 is 0 Å². The molecule has 1 aliphatic heterocycles. The van der Waals surface area contributed by atoms with E-state index in [1.807, 2.05) is 45.0 Å². The molecule has 0 saturated carbocycles. The van der Waals surface area contributed by atoms with Gasteiger partial charge in [0.1, 0.15) is 5.60 Å². The smallest absolute Gasteiger partial charge is 0.339 e. The summed E-state index contributed by atoms with van der Waals surface area (Å²) in [6, 6.07) is 21.4. The number of rotatable bonds is 3. The third-order valence-corrected chi connectivity index (χ3v) is 5.06. The van der Waals surface area contributed by atoms with Gasteiger partial charge >= 0.3 is 5.97 Å². The normalized spacial score (nSPS) is 13.1. The Hall–Kier alpha value is -3.73. The summed E-state index contributed by atoms with van der Waals surface area (Å²) < 4.78 is 5.52. The van der Waals surface area contributed by atoms with Gasteiger partial charge in [0.05, 0.1) is 12.1 Å². The van der Waals surface area contributed by atoms with E-state index in [0.717, 1.165) is 16.7 Å². The molecule has 0 N–H and O–H groups in total. The van der Waals surface area contributed by atoms with Gasteiger partial charge in [-0.15, -0.1) is 0 Å². The first-order chi connectivity index (χ1) is 14.7. The molecule has 3 aromatic rings. The highest BCUT2D eigenvalue weighted by molar-refractivity contribution is 6.12. The SMILES string of the molecule is CC(C)(C)OC(=O)c1ccccc1-c1ccc(C(=O)N2Cc3ccccc3C2=O)cc1. The molecule has 156 valence electrons. The Morgan fingerprint density at radius 2 is 1.45 bits per heavy atom. The van der Waals surface area contributed by atoms with Crippen molar-refractivity contribution >= 4 is 17.8 Å². The molecule has 0 unspecified atom stereocenters. The van der Waals surface area contributed by atoms with Crippen molar-refractivity contribution in [3.05, 3.63) is 95.1 Å². The Morgan fingerprint density at radius 3 is 2.10 bits per heavy atom. The van der Waals surface area contributed by atoms with Crippen molar-refractivity contribution in [2.75, 3.05) is 0 Å². The summed E-state index contributed by atoms with van der Waals surface area (Å²) in [6.07, 6.45) is 0. The third kappa shape index (κ3) is 4.12. The summed E-state index contributed by atoms with van der Waals surface area (Å²) in [5, 5.41) is 0. The number of nitrogens with zero attached hydrogens (tertiary/aromatic N) is 1. The highest BCUT2D eigenvalue weighted by Crippen LogP contribution is 2.28. The van der Waals surface area contributed by atoms with E-state index in [4.69, 9.17) is 4.74 Å². The van der Waals surface area contributed by atoms with E-state index in [-0.39, 0.29) is 18.4 Å². The average molecular weight is 413 g/mol. The fourth-order valence-electron chi connectivity index (χ4n) is 3.61. The number of hydrogen-bond donors (Lipinski definition) is 0. The van der Waals surface area contributed by atoms with Gasteiger partial charge in [0, 0.05) is 11.1 Å². The van der Waals surface area contributed by atoms with Crippen molar-refractivity contribution in [1.82, 2.24) is 4.90 Å². The molecule has 0 bridgehead atoms. The molecule has 2 amide bonds. The Balaban J connectivity index is 1.58. The molecule has 0 spiro atoms. The standard InChI is InChI=1S/C26H23NO4/c1-26(2,3)31-25(30)22-11-7-6-9-20(22)17-12-14-18(15-13-17)23(28)27-16-19-8-4-5-10-21(19)24(27)29/h4-15H,16H2,1-3H3. The van der Waals surface area contributed by atoms with Crippen LogP contribution in [-0.4, -0.2) is 28.3 Å². The second kappa shape index (κ2) is 7.84. The van der Waals surface area contributed by atoms with Crippen molar-refractivity contribution in [1.29, 1.82) is 0 Å². The largest absolute Gasteiger partial charge is 0.456 e. The lowest BCUT2D eigenvalue weighted by atomic mass is 9.98. The van der Waals surface area contributed by atoms with Crippen LogP contribution in [0.5, 0.6) is 0 Å². The van der Waals surface area contributed by atoms with Gasteiger partial charge in [0.15, 0.2) is 0 Å². The first-order valence-corrected chi connectivity index (χ1v) is 10.1. The van der Waals surface area contributed by atoms with Gasteiger partial charge in [0.2, 0.25) is 0 Å². The fourth-order valence-corrected chi connectivity index (χ4v) is 3.61. The molecule has 1 aliphatic rings. The zero-order valence-corrected chi connectivity index (χ0v) is 17.7. The summed E-state index contributed by atoms with van der Waals surface area (Å²) in [5.41, 5.74) is 3.21. The lowest BCUT2D eigenvalue weighted by molar-refractivity contribution is 0.00701. The topological polar surface area (TPSA) is 63.7 Å². The van der Waals surface area contributed by atoms with Crippen LogP contribution in [0.4, 0.5) is 0 Å². The van der Waals surface area contributed by atoms with E-state index in [9.17, 15) is 14.4 Å². The number of ether oxygens (including phenoxy) is 1. The molecule has 0 fully saturated rings. The van der Waals surface area contributed by atoms with Crippen LogP contribution in [0.2, 0.25) is 0 Å². The van der Waals surface area contributed by atoms with E-state index in [2.05, 4.69) is 0 Å². The van der Waals surface area contributed by atoms with Gasteiger partial charge in [-0.3, -0.25) is 14.5 Å². The minimum absolute atomic E-state index is 0.275. The van der Waals surface area contributed by atoms with Crippen molar-refractivity contribution in [3.8, 4) is 11.1 Å². The zero-order valence-electron chi connectivity index (χ0n) is 17.7. The monoisotopic (exact) mass is 413 g/mol. The number of esters is 1. The minimum atomic E-state index is -0.597. The second-order valence-corrected chi connectivity index (χ2v) is 8.48. The molecule has 0 radical (unpaired) electrons.